The Hall–Kier alpha value is -2.66. The molecule has 2 aromatic carbocycles. The van der Waals surface area contributed by atoms with E-state index in [9.17, 15) is 9.59 Å². The SMILES string of the molecule is CC(=O)Nc1cccc(C(=O)NCC(c2ccccc2)N2CCCC2)c1. The summed E-state index contributed by atoms with van der Waals surface area (Å²) in [5.41, 5.74) is 2.40. The second-order valence-corrected chi connectivity index (χ2v) is 6.64. The van der Waals surface area contributed by atoms with E-state index in [1.807, 2.05) is 18.2 Å². The molecule has 0 bridgehead atoms. The van der Waals surface area contributed by atoms with Gasteiger partial charge in [-0.05, 0) is 49.7 Å². The number of hydrogen-bond acceptors (Lipinski definition) is 3. The minimum atomic E-state index is -0.152. The van der Waals surface area contributed by atoms with Crippen molar-refractivity contribution in [2.45, 2.75) is 25.8 Å². The van der Waals surface area contributed by atoms with Crippen molar-refractivity contribution in [2.24, 2.45) is 0 Å². The van der Waals surface area contributed by atoms with Gasteiger partial charge in [-0.2, -0.15) is 0 Å². The molecule has 1 aliphatic heterocycles. The van der Waals surface area contributed by atoms with Crippen molar-refractivity contribution < 1.29 is 9.59 Å². The predicted octanol–water partition coefficient (Wildman–Crippen LogP) is 3.21. The first-order valence-corrected chi connectivity index (χ1v) is 9.08. The molecule has 1 heterocycles. The number of carbonyl (C=O) groups excluding carboxylic acids is 2. The molecular weight excluding hydrogens is 326 g/mol. The Labute approximate surface area is 154 Å². The highest BCUT2D eigenvalue weighted by Gasteiger charge is 2.24. The van der Waals surface area contributed by atoms with Gasteiger partial charge >= 0.3 is 0 Å². The number of nitrogens with zero attached hydrogens (tertiary/aromatic N) is 1. The first-order valence-electron chi connectivity index (χ1n) is 9.08. The summed E-state index contributed by atoms with van der Waals surface area (Å²) in [7, 11) is 0. The van der Waals surface area contributed by atoms with Crippen LogP contribution in [0.15, 0.2) is 54.6 Å². The third kappa shape index (κ3) is 4.70. The molecule has 0 spiro atoms. The Bertz CT molecular complexity index is 755. The quantitative estimate of drug-likeness (QED) is 0.840. The summed E-state index contributed by atoms with van der Waals surface area (Å²) in [6.45, 7) is 4.14. The van der Waals surface area contributed by atoms with Crippen molar-refractivity contribution in [3.63, 3.8) is 0 Å². The van der Waals surface area contributed by atoms with Crippen LogP contribution in [-0.4, -0.2) is 36.3 Å². The van der Waals surface area contributed by atoms with Crippen LogP contribution in [0.1, 0.15) is 41.7 Å². The lowest BCUT2D eigenvalue weighted by Gasteiger charge is -2.28. The van der Waals surface area contributed by atoms with Crippen molar-refractivity contribution >= 4 is 17.5 Å². The van der Waals surface area contributed by atoms with Crippen molar-refractivity contribution in [3.05, 3.63) is 65.7 Å². The molecule has 0 radical (unpaired) electrons. The summed E-state index contributed by atoms with van der Waals surface area (Å²) in [4.78, 5) is 26.2. The third-order valence-electron chi connectivity index (χ3n) is 4.67. The molecule has 0 aromatic heterocycles. The topological polar surface area (TPSA) is 61.4 Å². The molecule has 26 heavy (non-hydrogen) atoms. The van der Waals surface area contributed by atoms with Crippen LogP contribution in [0.5, 0.6) is 0 Å². The number of carbonyl (C=O) groups is 2. The van der Waals surface area contributed by atoms with Gasteiger partial charge in [0, 0.05) is 24.7 Å². The van der Waals surface area contributed by atoms with Crippen LogP contribution in [0.4, 0.5) is 5.69 Å². The van der Waals surface area contributed by atoms with E-state index in [0.29, 0.717) is 17.8 Å². The zero-order valence-electron chi connectivity index (χ0n) is 15.1. The normalized spacial score (nSPS) is 15.4. The molecule has 0 saturated carbocycles. The molecule has 1 unspecified atom stereocenters. The van der Waals surface area contributed by atoms with Gasteiger partial charge in [0.15, 0.2) is 0 Å². The Morgan fingerprint density at radius 1 is 1.04 bits per heavy atom. The largest absolute Gasteiger partial charge is 0.350 e. The van der Waals surface area contributed by atoms with Gasteiger partial charge in [0.05, 0.1) is 6.04 Å². The van der Waals surface area contributed by atoms with Crippen LogP contribution in [0.2, 0.25) is 0 Å². The molecule has 3 rings (SSSR count). The number of nitrogens with one attached hydrogen (secondary N) is 2. The maximum atomic E-state index is 12.6. The average molecular weight is 351 g/mol. The molecular formula is C21H25N3O2. The minimum Gasteiger partial charge on any atom is -0.350 e. The molecule has 1 atom stereocenters. The Morgan fingerprint density at radius 2 is 1.77 bits per heavy atom. The van der Waals surface area contributed by atoms with Gasteiger partial charge in [0.25, 0.3) is 5.91 Å². The number of anilines is 1. The highest BCUT2D eigenvalue weighted by molar-refractivity contribution is 5.96. The Kier molecular flexibility index (Phi) is 6.02. The summed E-state index contributed by atoms with van der Waals surface area (Å²) < 4.78 is 0. The van der Waals surface area contributed by atoms with Crippen LogP contribution >= 0.6 is 0 Å². The lowest BCUT2D eigenvalue weighted by atomic mass is 10.1. The second kappa shape index (κ2) is 8.63. The molecule has 1 aliphatic rings. The summed E-state index contributed by atoms with van der Waals surface area (Å²) in [6, 6.07) is 17.5. The first kappa shape index (κ1) is 18.1. The summed E-state index contributed by atoms with van der Waals surface area (Å²) >= 11 is 0. The summed E-state index contributed by atoms with van der Waals surface area (Å²) in [6.07, 6.45) is 2.41. The standard InChI is InChI=1S/C21H25N3O2/c1-16(25)23-19-11-7-10-18(14-19)21(26)22-15-20(24-12-5-6-13-24)17-8-3-2-4-9-17/h2-4,7-11,14,20H,5-6,12-13,15H2,1H3,(H,22,26)(H,23,25). The highest BCUT2D eigenvalue weighted by atomic mass is 16.2. The number of rotatable bonds is 6. The zero-order chi connectivity index (χ0) is 18.4. The van der Waals surface area contributed by atoms with E-state index in [1.165, 1.54) is 25.3 Å². The fraction of sp³-hybridized carbons (Fsp3) is 0.333. The maximum absolute atomic E-state index is 12.6. The molecule has 5 nitrogen and oxygen atoms in total. The van der Waals surface area contributed by atoms with Crippen LogP contribution in [0, 0.1) is 0 Å². The van der Waals surface area contributed by atoms with Crippen LogP contribution in [-0.2, 0) is 4.79 Å². The lowest BCUT2D eigenvalue weighted by Crippen LogP contribution is -2.36. The summed E-state index contributed by atoms with van der Waals surface area (Å²) in [5, 5.41) is 5.77. The Morgan fingerprint density at radius 3 is 2.46 bits per heavy atom. The number of amides is 2. The van der Waals surface area contributed by atoms with E-state index in [-0.39, 0.29) is 17.9 Å². The van der Waals surface area contributed by atoms with E-state index in [1.54, 1.807) is 24.3 Å². The van der Waals surface area contributed by atoms with E-state index < -0.39 is 0 Å². The van der Waals surface area contributed by atoms with E-state index in [0.717, 1.165) is 13.1 Å². The zero-order valence-corrected chi connectivity index (χ0v) is 15.1. The molecule has 5 heteroatoms. The smallest absolute Gasteiger partial charge is 0.251 e. The maximum Gasteiger partial charge on any atom is 0.251 e. The van der Waals surface area contributed by atoms with E-state index in [4.69, 9.17) is 0 Å². The van der Waals surface area contributed by atoms with Crippen molar-refractivity contribution in [3.8, 4) is 0 Å². The van der Waals surface area contributed by atoms with E-state index in [2.05, 4.69) is 27.7 Å². The van der Waals surface area contributed by atoms with Crippen LogP contribution < -0.4 is 10.6 Å². The van der Waals surface area contributed by atoms with Gasteiger partial charge in [0.2, 0.25) is 5.91 Å². The molecule has 2 aromatic rings. The number of benzene rings is 2. The van der Waals surface area contributed by atoms with Crippen molar-refractivity contribution in [2.75, 3.05) is 25.0 Å². The van der Waals surface area contributed by atoms with Crippen molar-refractivity contribution in [1.82, 2.24) is 10.2 Å². The molecule has 2 N–H and O–H groups in total. The molecule has 1 saturated heterocycles. The molecule has 2 amide bonds. The summed E-state index contributed by atoms with van der Waals surface area (Å²) in [5.74, 6) is -0.280. The minimum absolute atomic E-state index is 0.127. The number of hydrogen-bond donors (Lipinski definition) is 2. The molecule has 0 aliphatic carbocycles. The second-order valence-electron chi connectivity index (χ2n) is 6.64. The van der Waals surface area contributed by atoms with Gasteiger partial charge in [-0.25, -0.2) is 0 Å². The van der Waals surface area contributed by atoms with Crippen LogP contribution in [0.25, 0.3) is 0 Å². The van der Waals surface area contributed by atoms with Gasteiger partial charge < -0.3 is 10.6 Å². The monoisotopic (exact) mass is 351 g/mol. The molecule has 136 valence electrons. The third-order valence-corrected chi connectivity index (χ3v) is 4.67. The van der Waals surface area contributed by atoms with Crippen molar-refractivity contribution in [1.29, 1.82) is 0 Å². The lowest BCUT2D eigenvalue weighted by molar-refractivity contribution is -0.114. The van der Waals surface area contributed by atoms with Crippen LogP contribution in [0.3, 0.4) is 0 Å². The van der Waals surface area contributed by atoms with Gasteiger partial charge in [-0.3, -0.25) is 14.5 Å². The first-order chi connectivity index (χ1) is 12.6. The predicted molar refractivity (Wildman–Crippen MR) is 103 cm³/mol. The fourth-order valence-corrected chi connectivity index (χ4v) is 3.42. The van der Waals surface area contributed by atoms with Gasteiger partial charge in [-0.1, -0.05) is 36.4 Å². The van der Waals surface area contributed by atoms with Gasteiger partial charge in [-0.15, -0.1) is 0 Å². The molecule has 1 fully saturated rings. The van der Waals surface area contributed by atoms with E-state index >= 15 is 0 Å². The van der Waals surface area contributed by atoms with Gasteiger partial charge in [0.1, 0.15) is 0 Å². The number of likely N-dealkylation sites (tertiary alicyclic amines) is 1. The average Bonchev–Trinajstić information content (AvgIpc) is 3.17. The highest BCUT2D eigenvalue weighted by Crippen LogP contribution is 2.24. The fourth-order valence-electron chi connectivity index (χ4n) is 3.42. The Balaban J connectivity index is 1.68.